The van der Waals surface area contributed by atoms with Gasteiger partial charge in [0.1, 0.15) is 5.82 Å². The molecule has 0 aliphatic rings. The minimum absolute atomic E-state index is 0.131. The zero-order valence-electron chi connectivity index (χ0n) is 7.70. The summed E-state index contributed by atoms with van der Waals surface area (Å²) in [6, 6.07) is 3.00. The molecule has 2 nitrogen and oxygen atoms in total. The maximum absolute atomic E-state index is 13.1. The Kier molecular flexibility index (Phi) is 2.21. The van der Waals surface area contributed by atoms with Crippen molar-refractivity contribution in [3.8, 4) is 0 Å². The first-order valence-electron chi connectivity index (χ1n) is 4.29. The van der Waals surface area contributed by atoms with E-state index in [1.165, 1.54) is 6.07 Å². The Bertz CT molecular complexity index is 490. The number of benzene rings is 1. The van der Waals surface area contributed by atoms with Gasteiger partial charge >= 0.3 is 0 Å². The van der Waals surface area contributed by atoms with Crippen molar-refractivity contribution in [2.24, 2.45) is 5.73 Å². The van der Waals surface area contributed by atoms with Crippen LogP contribution in [0.3, 0.4) is 0 Å². The summed E-state index contributed by atoms with van der Waals surface area (Å²) >= 11 is 5.70. The predicted octanol–water partition coefficient (Wildman–Crippen LogP) is 2.73. The Morgan fingerprint density at radius 1 is 1.50 bits per heavy atom. The molecular formula is C10H10ClFN2. The molecule has 2 rings (SSSR count). The van der Waals surface area contributed by atoms with Gasteiger partial charge in [0.25, 0.3) is 0 Å². The van der Waals surface area contributed by atoms with Crippen molar-refractivity contribution in [1.29, 1.82) is 0 Å². The number of hydrogen-bond donors (Lipinski definition) is 2. The van der Waals surface area contributed by atoms with Crippen molar-refractivity contribution >= 4 is 22.5 Å². The summed E-state index contributed by atoms with van der Waals surface area (Å²) in [6.07, 6.45) is 0. The maximum atomic E-state index is 13.1. The van der Waals surface area contributed by atoms with Gasteiger partial charge in [0.2, 0.25) is 0 Å². The first-order valence-corrected chi connectivity index (χ1v) is 4.67. The van der Waals surface area contributed by atoms with Crippen LogP contribution < -0.4 is 5.73 Å². The molecule has 0 saturated heterocycles. The molecule has 0 amide bonds. The number of aromatic nitrogens is 1. The first kappa shape index (κ1) is 9.49. The molecule has 0 aliphatic carbocycles. The number of hydrogen-bond acceptors (Lipinski definition) is 1. The number of aromatic amines is 1. The van der Waals surface area contributed by atoms with E-state index in [-0.39, 0.29) is 5.02 Å². The molecule has 1 heterocycles. The zero-order chi connectivity index (χ0) is 10.3. The van der Waals surface area contributed by atoms with Crippen LogP contribution in [0.1, 0.15) is 11.3 Å². The van der Waals surface area contributed by atoms with E-state index < -0.39 is 5.82 Å². The van der Waals surface area contributed by atoms with E-state index >= 15 is 0 Å². The Morgan fingerprint density at radius 2 is 2.21 bits per heavy atom. The van der Waals surface area contributed by atoms with E-state index in [2.05, 4.69) is 4.98 Å². The Balaban J connectivity index is 2.82. The van der Waals surface area contributed by atoms with Gasteiger partial charge in [-0.2, -0.15) is 0 Å². The number of H-pyrrole nitrogens is 1. The summed E-state index contributed by atoms with van der Waals surface area (Å²) in [7, 11) is 0. The van der Waals surface area contributed by atoms with Gasteiger partial charge in [0, 0.05) is 23.1 Å². The van der Waals surface area contributed by atoms with Crippen molar-refractivity contribution in [1.82, 2.24) is 4.98 Å². The first-order chi connectivity index (χ1) is 6.63. The van der Waals surface area contributed by atoms with Crippen molar-refractivity contribution < 1.29 is 4.39 Å². The van der Waals surface area contributed by atoms with Gasteiger partial charge in [-0.25, -0.2) is 4.39 Å². The van der Waals surface area contributed by atoms with E-state index in [1.54, 1.807) is 6.07 Å². The molecule has 0 radical (unpaired) electrons. The topological polar surface area (TPSA) is 41.8 Å². The lowest BCUT2D eigenvalue weighted by molar-refractivity contribution is 0.630. The minimum atomic E-state index is -0.413. The quantitative estimate of drug-likeness (QED) is 0.750. The number of nitrogens with one attached hydrogen (secondary N) is 1. The molecule has 0 aliphatic heterocycles. The third kappa shape index (κ3) is 1.29. The summed E-state index contributed by atoms with van der Waals surface area (Å²) in [5.41, 5.74) is 8.28. The molecular weight excluding hydrogens is 203 g/mol. The molecule has 4 heteroatoms. The maximum Gasteiger partial charge on any atom is 0.143 e. The van der Waals surface area contributed by atoms with Crippen LogP contribution in [0.25, 0.3) is 10.9 Å². The molecule has 3 N–H and O–H groups in total. The third-order valence-corrected chi connectivity index (χ3v) is 2.65. The van der Waals surface area contributed by atoms with Gasteiger partial charge in [0.05, 0.1) is 5.02 Å². The number of rotatable bonds is 1. The Morgan fingerprint density at radius 3 is 2.86 bits per heavy atom. The number of halogens is 2. The molecule has 74 valence electrons. The molecule has 2 aromatic rings. The van der Waals surface area contributed by atoms with Gasteiger partial charge < -0.3 is 10.7 Å². The van der Waals surface area contributed by atoms with Gasteiger partial charge in [-0.05, 0) is 24.6 Å². The van der Waals surface area contributed by atoms with Crippen LogP contribution >= 0.6 is 11.6 Å². The lowest BCUT2D eigenvalue weighted by atomic mass is 10.1. The largest absolute Gasteiger partial charge is 0.358 e. The summed E-state index contributed by atoms with van der Waals surface area (Å²) < 4.78 is 13.1. The summed E-state index contributed by atoms with van der Waals surface area (Å²) in [4.78, 5) is 3.07. The average Bonchev–Trinajstić information content (AvgIpc) is 2.42. The summed E-state index contributed by atoms with van der Waals surface area (Å²) in [6.45, 7) is 2.34. The van der Waals surface area contributed by atoms with Crippen LogP contribution in [0.2, 0.25) is 5.02 Å². The highest BCUT2D eigenvalue weighted by Gasteiger charge is 2.09. The second-order valence-electron chi connectivity index (χ2n) is 3.24. The highest BCUT2D eigenvalue weighted by atomic mass is 35.5. The lowest BCUT2D eigenvalue weighted by Gasteiger charge is -1.97. The summed E-state index contributed by atoms with van der Waals surface area (Å²) in [5, 5.41) is 1.03. The number of fused-ring (bicyclic) bond motifs is 1. The van der Waals surface area contributed by atoms with Gasteiger partial charge in [-0.15, -0.1) is 0 Å². The van der Waals surface area contributed by atoms with Crippen LogP contribution in [-0.4, -0.2) is 4.98 Å². The number of nitrogens with two attached hydrogens (primary N) is 1. The molecule has 0 saturated carbocycles. The van der Waals surface area contributed by atoms with Gasteiger partial charge in [0.15, 0.2) is 0 Å². The fraction of sp³-hybridized carbons (Fsp3) is 0.200. The lowest BCUT2D eigenvalue weighted by Crippen LogP contribution is -1.96. The third-order valence-electron chi connectivity index (χ3n) is 2.36. The van der Waals surface area contributed by atoms with E-state index in [1.807, 2.05) is 6.92 Å². The molecule has 1 aromatic heterocycles. The normalized spacial score (nSPS) is 11.1. The fourth-order valence-corrected chi connectivity index (χ4v) is 1.81. The van der Waals surface area contributed by atoms with Crippen LogP contribution in [0, 0.1) is 12.7 Å². The molecule has 1 aromatic carbocycles. The van der Waals surface area contributed by atoms with Crippen molar-refractivity contribution in [3.63, 3.8) is 0 Å². The van der Waals surface area contributed by atoms with Crippen LogP contribution in [0.5, 0.6) is 0 Å². The van der Waals surface area contributed by atoms with E-state index in [4.69, 9.17) is 17.3 Å². The molecule has 0 fully saturated rings. The fourth-order valence-electron chi connectivity index (χ4n) is 1.64. The summed E-state index contributed by atoms with van der Waals surface area (Å²) in [5.74, 6) is -0.413. The van der Waals surface area contributed by atoms with Crippen molar-refractivity contribution in [3.05, 3.63) is 34.2 Å². The molecule has 14 heavy (non-hydrogen) atoms. The van der Waals surface area contributed by atoms with Crippen LogP contribution in [0.15, 0.2) is 12.1 Å². The van der Waals surface area contributed by atoms with E-state index in [0.717, 1.165) is 22.2 Å². The van der Waals surface area contributed by atoms with Crippen LogP contribution in [0.4, 0.5) is 4.39 Å². The molecule has 0 bridgehead atoms. The molecule has 0 unspecified atom stereocenters. The van der Waals surface area contributed by atoms with Crippen LogP contribution in [-0.2, 0) is 6.54 Å². The van der Waals surface area contributed by atoms with Gasteiger partial charge in [-0.1, -0.05) is 11.6 Å². The molecule has 0 spiro atoms. The highest BCUT2D eigenvalue weighted by Crippen LogP contribution is 2.27. The van der Waals surface area contributed by atoms with Crippen molar-refractivity contribution in [2.45, 2.75) is 13.5 Å². The minimum Gasteiger partial charge on any atom is -0.358 e. The number of aryl methyl sites for hydroxylation is 1. The zero-order valence-corrected chi connectivity index (χ0v) is 8.45. The second-order valence-corrected chi connectivity index (χ2v) is 3.65. The Hall–Kier alpha value is -1.06. The standard InChI is InChI=1S/C10H10ClFN2/c1-5-7(4-13)6-2-8(11)9(12)3-10(6)14-5/h2-3,14H,4,13H2,1H3. The monoisotopic (exact) mass is 212 g/mol. The molecule has 0 atom stereocenters. The highest BCUT2D eigenvalue weighted by molar-refractivity contribution is 6.31. The second kappa shape index (κ2) is 3.26. The van der Waals surface area contributed by atoms with E-state index in [9.17, 15) is 4.39 Å². The van der Waals surface area contributed by atoms with Crippen molar-refractivity contribution in [2.75, 3.05) is 0 Å². The SMILES string of the molecule is Cc1[nH]c2cc(F)c(Cl)cc2c1CN. The van der Waals surface area contributed by atoms with E-state index in [0.29, 0.717) is 6.54 Å². The average molecular weight is 213 g/mol. The van der Waals surface area contributed by atoms with Gasteiger partial charge in [-0.3, -0.25) is 0 Å². The predicted molar refractivity (Wildman–Crippen MR) is 55.9 cm³/mol. The Labute approximate surface area is 85.9 Å². The smallest absolute Gasteiger partial charge is 0.143 e.